The Kier molecular flexibility index (Phi) is 4.25. The molecule has 1 amide bonds. The highest BCUT2D eigenvalue weighted by atomic mass is 35.5. The third-order valence-electron chi connectivity index (χ3n) is 3.46. The molecule has 2 rings (SSSR count). The first kappa shape index (κ1) is 13.4. The molecule has 0 saturated carbocycles. The molecule has 0 bridgehead atoms. The zero-order valence-electron chi connectivity index (χ0n) is 10.6. The van der Waals surface area contributed by atoms with Crippen molar-refractivity contribution in [3.05, 3.63) is 34.9 Å². The van der Waals surface area contributed by atoms with Gasteiger partial charge in [-0.15, -0.1) is 0 Å². The van der Waals surface area contributed by atoms with Crippen LogP contribution in [-0.2, 0) is 11.2 Å². The Morgan fingerprint density at radius 3 is 2.94 bits per heavy atom. The smallest absolute Gasteiger partial charge is 0.239 e. The second-order valence-corrected chi connectivity index (χ2v) is 5.32. The summed E-state index contributed by atoms with van der Waals surface area (Å²) in [6.07, 6.45) is 2.90. The summed E-state index contributed by atoms with van der Waals surface area (Å²) < 4.78 is 0. The van der Waals surface area contributed by atoms with E-state index in [1.165, 1.54) is 0 Å². The summed E-state index contributed by atoms with van der Waals surface area (Å²) in [7, 11) is 0. The fourth-order valence-corrected chi connectivity index (χ4v) is 2.73. The summed E-state index contributed by atoms with van der Waals surface area (Å²) in [6, 6.07) is 7.64. The molecular weight excluding hydrogens is 248 g/mol. The molecule has 0 unspecified atom stereocenters. The molecule has 2 atom stereocenters. The summed E-state index contributed by atoms with van der Waals surface area (Å²) in [5, 5.41) is 0.776. The first-order chi connectivity index (χ1) is 8.59. The van der Waals surface area contributed by atoms with Gasteiger partial charge in [-0.2, -0.15) is 0 Å². The number of hydrogen-bond donors (Lipinski definition) is 1. The first-order valence-electron chi connectivity index (χ1n) is 6.39. The number of rotatable bonds is 3. The topological polar surface area (TPSA) is 46.3 Å². The molecule has 1 saturated heterocycles. The highest BCUT2D eigenvalue weighted by Gasteiger charge is 2.30. The van der Waals surface area contributed by atoms with Crippen LogP contribution >= 0.6 is 11.6 Å². The number of likely N-dealkylation sites (tertiary alicyclic amines) is 1. The average molecular weight is 267 g/mol. The van der Waals surface area contributed by atoms with Gasteiger partial charge in [-0.3, -0.25) is 4.79 Å². The molecule has 1 aliphatic rings. The van der Waals surface area contributed by atoms with Gasteiger partial charge in [-0.05, 0) is 37.8 Å². The molecule has 0 aliphatic carbocycles. The first-order valence-corrected chi connectivity index (χ1v) is 6.77. The van der Waals surface area contributed by atoms with Gasteiger partial charge in [0.15, 0.2) is 0 Å². The van der Waals surface area contributed by atoms with Crippen molar-refractivity contribution in [1.82, 2.24) is 4.90 Å². The molecule has 0 aromatic heterocycles. The van der Waals surface area contributed by atoms with E-state index in [1.54, 1.807) is 6.92 Å². The van der Waals surface area contributed by atoms with Crippen molar-refractivity contribution in [2.75, 3.05) is 6.54 Å². The van der Waals surface area contributed by atoms with Crippen LogP contribution in [0.4, 0.5) is 0 Å². The van der Waals surface area contributed by atoms with Crippen LogP contribution in [0.2, 0.25) is 5.02 Å². The quantitative estimate of drug-likeness (QED) is 0.912. The van der Waals surface area contributed by atoms with Crippen LogP contribution in [0, 0.1) is 0 Å². The Hall–Kier alpha value is -1.06. The van der Waals surface area contributed by atoms with E-state index in [-0.39, 0.29) is 11.9 Å². The van der Waals surface area contributed by atoms with Gasteiger partial charge >= 0.3 is 0 Å². The van der Waals surface area contributed by atoms with E-state index in [0.29, 0.717) is 0 Å². The fraction of sp³-hybridized carbons (Fsp3) is 0.500. The molecule has 0 radical (unpaired) electrons. The van der Waals surface area contributed by atoms with Crippen molar-refractivity contribution in [2.45, 2.75) is 38.3 Å². The third-order valence-corrected chi connectivity index (χ3v) is 3.83. The van der Waals surface area contributed by atoms with Gasteiger partial charge in [0.05, 0.1) is 6.04 Å². The van der Waals surface area contributed by atoms with Gasteiger partial charge in [0.1, 0.15) is 0 Å². The number of carbonyl (C=O) groups is 1. The maximum atomic E-state index is 12.0. The van der Waals surface area contributed by atoms with Crippen LogP contribution in [0.1, 0.15) is 25.3 Å². The van der Waals surface area contributed by atoms with Gasteiger partial charge in [-0.25, -0.2) is 0 Å². The van der Waals surface area contributed by atoms with E-state index >= 15 is 0 Å². The fourth-order valence-electron chi connectivity index (χ4n) is 2.52. The van der Waals surface area contributed by atoms with Crippen LogP contribution < -0.4 is 5.73 Å². The Morgan fingerprint density at radius 1 is 1.56 bits per heavy atom. The minimum atomic E-state index is -0.420. The minimum Gasteiger partial charge on any atom is -0.338 e. The predicted octanol–water partition coefficient (Wildman–Crippen LogP) is 2.22. The molecule has 1 aromatic rings. The minimum absolute atomic E-state index is 0.0459. The van der Waals surface area contributed by atoms with Crippen LogP contribution in [0.5, 0.6) is 0 Å². The summed E-state index contributed by atoms with van der Waals surface area (Å²) in [4.78, 5) is 13.9. The van der Waals surface area contributed by atoms with Crippen LogP contribution in [-0.4, -0.2) is 29.4 Å². The third kappa shape index (κ3) is 2.85. The molecule has 1 aromatic carbocycles. The number of carbonyl (C=O) groups excluding carboxylic acids is 1. The number of hydrogen-bond acceptors (Lipinski definition) is 2. The van der Waals surface area contributed by atoms with Crippen LogP contribution in [0.15, 0.2) is 24.3 Å². The SMILES string of the molecule is C[C@@H](N)C(=O)N1CCC[C@H]1Cc1ccccc1Cl. The Labute approximate surface area is 113 Å². The van der Waals surface area contributed by atoms with E-state index in [4.69, 9.17) is 17.3 Å². The average Bonchev–Trinajstić information content (AvgIpc) is 2.79. The standard InChI is InChI=1S/C14H19ClN2O/c1-10(16)14(18)17-8-4-6-12(17)9-11-5-2-3-7-13(11)15/h2-3,5,7,10,12H,4,6,8-9,16H2,1H3/t10-,12+/m1/s1. The lowest BCUT2D eigenvalue weighted by Crippen LogP contribution is -2.45. The largest absolute Gasteiger partial charge is 0.338 e. The normalized spacial score (nSPS) is 21.1. The summed E-state index contributed by atoms with van der Waals surface area (Å²) >= 11 is 6.16. The second kappa shape index (κ2) is 5.72. The van der Waals surface area contributed by atoms with Crippen molar-refractivity contribution < 1.29 is 4.79 Å². The lowest BCUT2D eigenvalue weighted by Gasteiger charge is -2.26. The van der Waals surface area contributed by atoms with Crippen molar-refractivity contribution >= 4 is 17.5 Å². The monoisotopic (exact) mass is 266 g/mol. The van der Waals surface area contributed by atoms with Crippen molar-refractivity contribution in [3.63, 3.8) is 0 Å². The Balaban J connectivity index is 2.09. The number of benzene rings is 1. The van der Waals surface area contributed by atoms with Crippen molar-refractivity contribution in [3.8, 4) is 0 Å². The summed E-state index contributed by atoms with van der Waals surface area (Å²) in [5.74, 6) is 0.0459. The number of amides is 1. The van der Waals surface area contributed by atoms with E-state index in [1.807, 2.05) is 29.2 Å². The molecule has 1 heterocycles. The maximum absolute atomic E-state index is 12.0. The number of nitrogens with two attached hydrogens (primary N) is 1. The molecule has 3 nitrogen and oxygen atoms in total. The molecular formula is C14H19ClN2O. The summed E-state index contributed by atoms with van der Waals surface area (Å²) in [6.45, 7) is 2.56. The molecule has 18 heavy (non-hydrogen) atoms. The number of nitrogens with zero attached hydrogens (tertiary/aromatic N) is 1. The van der Waals surface area contributed by atoms with Gasteiger partial charge < -0.3 is 10.6 Å². The molecule has 4 heteroatoms. The van der Waals surface area contributed by atoms with Crippen molar-refractivity contribution in [2.24, 2.45) is 5.73 Å². The molecule has 1 aliphatic heterocycles. The lowest BCUT2D eigenvalue weighted by molar-refractivity contribution is -0.132. The zero-order chi connectivity index (χ0) is 13.1. The molecule has 0 spiro atoms. The highest BCUT2D eigenvalue weighted by molar-refractivity contribution is 6.31. The lowest BCUT2D eigenvalue weighted by atomic mass is 10.0. The Bertz CT molecular complexity index is 434. The molecule has 1 fully saturated rings. The van der Waals surface area contributed by atoms with E-state index in [0.717, 1.165) is 36.4 Å². The van der Waals surface area contributed by atoms with Gasteiger partial charge in [0, 0.05) is 17.6 Å². The predicted molar refractivity (Wildman–Crippen MR) is 73.5 cm³/mol. The van der Waals surface area contributed by atoms with Crippen LogP contribution in [0.25, 0.3) is 0 Å². The highest BCUT2D eigenvalue weighted by Crippen LogP contribution is 2.25. The maximum Gasteiger partial charge on any atom is 0.239 e. The second-order valence-electron chi connectivity index (χ2n) is 4.91. The van der Waals surface area contributed by atoms with Crippen LogP contribution in [0.3, 0.4) is 0 Å². The molecule has 98 valence electrons. The zero-order valence-corrected chi connectivity index (χ0v) is 11.4. The van der Waals surface area contributed by atoms with Crippen molar-refractivity contribution in [1.29, 1.82) is 0 Å². The number of halogens is 1. The van der Waals surface area contributed by atoms with Gasteiger partial charge in [0.25, 0.3) is 0 Å². The van der Waals surface area contributed by atoms with Gasteiger partial charge in [0.2, 0.25) is 5.91 Å². The Morgan fingerprint density at radius 2 is 2.28 bits per heavy atom. The van der Waals surface area contributed by atoms with E-state index < -0.39 is 6.04 Å². The molecule has 2 N–H and O–H groups in total. The van der Waals surface area contributed by atoms with E-state index in [9.17, 15) is 4.79 Å². The van der Waals surface area contributed by atoms with Gasteiger partial charge in [-0.1, -0.05) is 29.8 Å². The van der Waals surface area contributed by atoms with E-state index in [2.05, 4.69) is 0 Å². The summed E-state index contributed by atoms with van der Waals surface area (Å²) in [5.41, 5.74) is 6.79.